The van der Waals surface area contributed by atoms with Crippen LogP contribution in [0.15, 0.2) is 18.2 Å². The van der Waals surface area contributed by atoms with Gasteiger partial charge in [0.05, 0.1) is 0 Å². The lowest BCUT2D eigenvalue weighted by Crippen LogP contribution is -2.35. The standard InChI is InChI=1S/C13H21ClN2/c1-10(9-16(3)4)15-8-12-6-5-7-13(14)11(12)2/h5-7,10,15H,8-9H2,1-4H3. The summed E-state index contributed by atoms with van der Waals surface area (Å²) in [7, 11) is 4.17. The molecule has 0 aliphatic heterocycles. The van der Waals surface area contributed by atoms with Gasteiger partial charge in [-0.15, -0.1) is 0 Å². The summed E-state index contributed by atoms with van der Waals surface area (Å²) in [4.78, 5) is 2.18. The maximum absolute atomic E-state index is 6.08. The summed E-state index contributed by atoms with van der Waals surface area (Å²) in [6.07, 6.45) is 0. The van der Waals surface area contributed by atoms with E-state index in [-0.39, 0.29) is 0 Å². The Morgan fingerprint density at radius 2 is 2.06 bits per heavy atom. The average molecular weight is 241 g/mol. The van der Waals surface area contributed by atoms with Crippen molar-refractivity contribution in [2.24, 2.45) is 0 Å². The zero-order valence-corrected chi connectivity index (χ0v) is 11.3. The molecule has 0 saturated carbocycles. The van der Waals surface area contributed by atoms with Gasteiger partial charge >= 0.3 is 0 Å². The summed E-state index contributed by atoms with van der Waals surface area (Å²) in [5.74, 6) is 0. The monoisotopic (exact) mass is 240 g/mol. The van der Waals surface area contributed by atoms with Crippen LogP contribution < -0.4 is 5.32 Å². The second-order valence-corrected chi connectivity index (χ2v) is 4.98. The molecule has 1 unspecified atom stereocenters. The summed E-state index contributed by atoms with van der Waals surface area (Å²) >= 11 is 6.08. The average Bonchev–Trinajstić information content (AvgIpc) is 2.19. The quantitative estimate of drug-likeness (QED) is 0.852. The van der Waals surface area contributed by atoms with E-state index in [2.05, 4.69) is 44.2 Å². The lowest BCUT2D eigenvalue weighted by molar-refractivity contribution is 0.349. The molecule has 1 aromatic rings. The van der Waals surface area contributed by atoms with Gasteiger partial charge in [0.15, 0.2) is 0 Å². The van der Waals surface area contributed by atoms with Crippen LogP contribution in [-0.2, 0) is 6.54 Å². The smallest absolute Gasteiger partial charge is 0.0438 e. The largest absolute Gasteiger partial charge is 0.309 e. The number of halogens is 1. The molecule has 0 amide bonds. The molecular weight excluding hydrogens is 220 g/mol. The van der Waals surface area contributed by atoms with E-state index in [1.165, 1.54) is 11.1 Å². The maximum atomic E-state index is 6.08. The van der Waals surface area contributed by atoms with Gasteiger partial charge in [0, 0.05) is 24.2 Å². The minimum Gasteiger partial charge on any atom is -0.309 e. The molecule has 0 aromatic heterocycles. The zero-order chi connectivity index (χ0) is 12.1. The van der Waals surface area contributed by atoms with Crippen LogP contribution in [-0.4, -0.2) is 31.6 Å². The third-order valence-corrected chi connectivity index (χ3v) is 3.07. The molecule has 1 rings (SSSR count). The number of nitrogens with zero attached hydrogens (tertiary/aromatic N) is 1. The van der Waals surface area contributed by atoms with Crippen molar-refractivity contribution in [3.63, 3.8) is 0 Å². The van der Waals surface area contributed by atoms with Crippen molar-refractivity contribution < 1.29 is 0 Å². The second-order valence-electron chi connectivity index (χ2n) is 4.57. The fourth-order valence-electron chi connectivity index (χ4n) is 1.74. The van der Waals surface area contributed by atoms with E-state index in [1.54, 1.807) is 0 Å². The number of hydrogen-bond donors (Lipinski definition) is 1. The van der Waals surface area contributed by atoms with Crippen LogP contribution in [0.3, 0.4) is 0 Å². The predicted molar refractivity (Wildman–Crippen MR) is 71.0 cm³/mol. The van der Waals surface area contributed by atoms with E-state index in [9.17, 15) is 0 Å². The van der Waals surface area contributed by atoms with Gasteiger partial charge in [0.25, 0.3) is 0 Å². The molecule has 0 aliphatic carbocycles. The highest BCUT2D eigenvalue weighted by molar-refractivity contribution is 6.31. The number of rotatable bonds is 5. The van der Waals surface area contributed by atoms with Crippen molar-refractivity contribution >= 4 is 11.6 Å². The normalized spacial score (nSPS) is 13.1. The lowest BCUT2D eigenvalue weighted by atomic mass is 10.1. The van der Waals surface area contributed by atoms with Crippen LogP contribution in [0.5, 0.6) is 0 Å². The van der Waals surface area contributed by atoms with E-state index in [0.717, 1.165) is 18.1 Å². The number of hydrogen-bond acceptors (Lipinski definition) is 2. The Balaban J connectivity index is 2.51. The molecule has 0 spiro atoms. The van der Waals surface area contributed by atoms with E-state index in [4.69, 9.17) is 11.6 Å². The first kappa shape index (κ1) is 13.5. The van der Waals surface area contributed by atoms with Crippen molar-refractivity contribution in [2.75, 3.05) is 20.6 Å². The van der Waals surface area contributed by atoms with E-state index in [0.29, 0.717) is 6.04 Å². The summed E-state index contributed by atoms with van der Waals surface area (Å²) in [5.41, 5.74) is 2.45. The van der Waals surface area contributed by atoms with Gasteiger partial charge in [-0.1, -0.05) is 23.7 Å². The number of likely N-dealkylation sites (N-methyl/N-ethyl adjacent to an activating group) is 1. The molecule has 1 N–H and O–H groups in total. The summed E-state index contributed by atoms with van der Waals surface area (Å²) in [5, 5.41) is 4.34. The summed E-state index contributed by atoms with van der Waals surface area (Å²) in [6, 6.07) is 6.54. The highest BCUT2D eigenvalue weighted by atomic mass is 35.5. The Labute approximate surface area is 104 Å². The molecule has 90 valence electrons. The third kappa shape index (κ3) is 4.12. The first-order chi connectivity index (χ1) is 7.50. The summed E-state index contributed by atoms with van der Waals surface area (Å²) in [6.45, 7) is 6.18. The zero-order valence-electron chi connectivity index (χ0n) is 10.5. The lowest BCUT2D eigenvalue weighted by Gasteiger charge is -2.19. The van der Waals surface area contributed by atoms with Crippen molar-refractivity contribution in [1.29, 1.82) is 0 Å². The van der Waals surface area contributed by atoms with Gasteiger partial charge in [-0.05, 0) is 45.1 Å². The highest BCUT2D eigenvalue weighted by Gasteiger charge is 2.05. The summed E-state index contributed by atoms with van der Waals surface area (Å²) < 4.78 is 0. The molecule has 0 fully saturated rings. The molecule has 0 bridgehead atoms. The van der Waals surface area contributed by atoms with Crippen molar-refractivity contribution in [3.05, 3.63) is 34.3 Å². The molecule has 0 saturated heterocycles. The molecule has 16 heavy (non-hydrogen) atoms. The van der Waals surface area contributed by atoms with Gasteiger partial charge < -0.3 is 10.2 Å². The van der Waals surface area contributed by atoms with Gasteiger partial charge in [-0.25, -0.2) is 0 Å². The Hall–Kier alpha value is -0.570. The number of benzene rings is 1. The molecule has 3 heteroatoms. The Kier molecular flexibility index (Phi) is 5.26. The van der Waals surface area contributed by atoms with Crippen LogP contribution in [0.4, 0.5) is 0 Å². The maximum Gasteiger partial charge on any atom is 0.0438 e. The van der Waals surface area contributed by atoms with Crippen molar-refractivity contribution in [1.82, 2.24) is 10.2 Å². The minimum absolute atomic E-state index is 0.480. The van der Waals surface area contributed by atoms with Crippen molar-refractivity contribution in [2.45, 2.75) is 26.4 Å². The molecule has 0 heterocycles. The van der Waals surface area contributed by atoms with Gasteiger partial charge in [-0.2, -0.15) is 0 Å². The fourth-order valence-corrected chi connectivity index (χ4v) is 1.93. The van der Waals surface area contributed by atoms with Crippen LogP contribution in [0.1, 0.15) is 18.1 Å². The molecular formula is C13H21ClN2. The number of nitrogens with one attached hydrogen (secondary N) is 1. The van der Waals surface area contributed by atoms with Crippen LogP contribution in [0, 0.1) is 6.92 Å². The van der Waals surface area contributed by atoms with E-state index < -0.39 is 0 Å². The second kappa shape index (κ2) is 6.24. The van der Waals surface area contributed by atoms with Gasteiger partial charge in [0.1, 0.15) is 0 Å². The van der Waals surface area contributed by atoms with Crippen LogP contribution in [0.25, 0.3) is 0 Å². The first-order valence-corrected chi connectivity index (χ1v) is 6.00. The minimum atomic E-state index is 0.480. The van der Waals surface area contributed by atoms with Crippen LogP contribution in [0.2, 0.25) is 5.02 Å². The van der Waals surface area contributed by atoms with Crippen molar-refractivity contribution in [3.8, 4) is 0 Å². The molecule has 0 radical (unpaired) electrons. The molecule has 0 aliphatic rings. The fraction of sp³-hybridized carbons (Fsp3) is 0.538. The Bertz CT molecular complexity index is 337. The third-order valence-electron chi connectivity index (χ3n) is 2.66. The SMILES string of the molecule is Cc1c(Cl)cccc1CNC(C)CN(C)C. The van der Waals surface area contributed by atoms with Crippen LogP contribution >= 0.6 is 11.6 Å². The Morgan fingerprint density at radius 3 is 2.69 bits per heavy atom. The molecule has 1 aromatic carbocycles. The van der Waals surface area contributed by atoms with E-state index in [1.807, 2.05) is 12.1 Å². The highest BCUT2D eigenvalue weighted by Crippen LogP contribution is 2.18. The van der Waals surface area contributed by atoms with Gasteiger partial charge in [-0.3, -0.25) is 0 Å². The molecule has 1 atom stereocenters. The van der Waals surface area contributed by atoms with E-state index >= 15 is 0 Å². The first-order valence-electron chi connectivity index (χ1n) is 5.63. The topological polar surface area (TPSA) is 15.3 Å². The predicted octanol–water partition coefficient (Wildman–Crippen LogP) is 2.69. The molecule has 2 nitrogen and oxygen atoms in total. The van der Waals surface area contributed by atoms with Gasteiger partial charge in [0.2, 0.25) is 0 Å². The Morgan fingerprint density at radius 1 is 1.38 bits per heavy atom.